The lowest BCUT2D eigenvalue weighted by Crippen LogP contribution is -2.53. The molecule has 1 fully saturated rings. The molecule has 53 heavy (non-hydrogen) atoms. The molecule has 2 N–H and O–H groups in total. The van der Waals surface area contributed by atoms with Crippen LogP contribution in [0.4, 0.5) is 0 Å². The fourth-order valence-corrected chi connectivity index (χ4v) is 6.95. The number of aromatic nitrogens is 2. The summed E-state index contributed by atoms with van der Waals surface area (Å²) in [5, 5.41) is 12.1. The van der Waals surface area contributed by atoms with Crippen LogP contribution in [0, 0.1) is 0 Å². The smallest absolute Gasteiger partial charge is 0.497 e. The van der Waals surface area contributed by atoms with Crippen LogP contribution < -0.4 is 20.7 Å². The van der Waals surface area contributed by atoms with Crippen molar-refractivity contribution >= 4 is 14.2 Å². The zero-order chi connectivity index (χ0) is 37.8. The Balaban J connectivity index is 1.47. The van der Waals surface area contributed by atoms with Gasteiger partial charge in [-0.05, 0) is 53.1 Å². The third-order valence-electron chi connectivity index (χ3n) is 9.04. The summed E-state index contributed by atoms with van der Waals surface area (Å²) in [5.41, 5.74) is -1.46. The van der Waals surface area contributed by atoms with E-state index in [0.29, 0.717) is 32.8 Å². The molecule has 0 aliphatic carbocycles. The van der Waals surface area contributed by atoms with E-state index in [1.165, 1.54) is 19.2 Å². The van der Waals surface area contributed by atoms with Gasteiger partial charge in [-0.15, -0.1) is 4.89 Å². The van der Waals surface area contributed by atoms with Crippen LogP contribution >= 0.6 is 8.25 Å². The first-order chi connectivity index (χ1) is 25.6. The number of benzene rings is 4. The molecule has 15 heteroatoms. The Morgan fingerprint density at radius 2 is 1.34 bits per heavy atom. The average Bonchev–Trinajstić information content (AvgIpc) is 3.45. The van der Waals surface area contributed by atoms with Crippen molar-refractivity contribution in [3.05, 3.63) is 165 Å². The first-order valence-electron chi connectivity index (χ1n) is 16.3. The van der Waals surface area contributed by atoms with Gasteiger partial charge in [0, 0.05) is 29.5 Å². The summed E-state index contributed by atoms with van der Waals surface area (Å²) in [7, 11) is 0.766. The standard InChI is InChI=1S/C38H35N2O12P/c1-47-29-18-14-27(15-19-29)37(26-12-8-5-9-13-26,28-16-20-30(48-2)21-17-28)50-24-31-38(44,52-53(45)46)33(49-3)35(51-31)39-23-22-32(41)40(36(39)43)34(42)25-10-6-4-7-11-25/h4-23,31,33,35,44H,24H2,1-3H3/p+1/t31-,33+,35-,38+/m1/s1. The SMILES string of the molecule is COc1ccc(C(OC[C@H]2O[C@@H](n3ccc(=O)n(C(=O)c4ccccc4)c3=O)[C@H](OC)[C@@]2(O)O[P+](=O)O)(c2ccccc2)c2ccc(OC)cc2)cc1. The summed E-state index contributed by atoms with van der Waals surface area (Å²) in [5.74, 6) is -2.45. The summed E-state index contributed by atoms with van der Waals surface area (Å²) in [6, 6.07) is 32.2. The highest BCUT2D eigenvalue weighted by Crippen LogP contribution is 2.47. The van der Waals surface area contributed by atoms with Gasteiger partial charge in [-0.1, -0.05) is 77.3 Å². The van der Waals surface area contributed by atoms with Crippen molar-refractivity contribution in [3.63, 3.8) is 0 Å². The number of methoxy groups -OCH3 is 3. The van der Waals surface area contributed by atoms with E-state index < -0.39 is 61.8 Å². The van der Waals surface area contributed by atoms with E-state index >= 15 is 0 Å². The molecule has 4 aromatic carbocycles. The largest absolute Gasteiger partial charge is 0.697 e. The van der Waals surface area contributed by atoms with Gasteiger partial charge in [0.05, 0.1) is 20.8 Å². The van der Waals surface area contributed by atoms with Gasteiger partial charge in [0.2, 0.25) is 0 Å². The Hall–Kier alpha value is -5.31. The molecule has 1 aliphatic heterocycles. The van der Waals surface area contributed by atoms with Crippen LogP contribution in [0.1, 0.15) is 33.3 Å². The molecule has 5 aromatic rings. The minimum Gasteiger partial charge on any atom is -0.497 e. The van der Waals surface area contributed by atoms with Crippen molar-refractivity contribution in [2.75, 3.05) is 27.9 Å². The maximum Gasteiger partial charge on any atom is 0.697 e. The van der Waals surface area contributed by atoms with Gasteiger partial charge in [0.15, 0.2) is 12.3 Å². The molecule has 1 saturated heterocycles. The molecule has 1 aliphatic rings. The topological polar surface area (TPSA) is 174 Å². The number of carbonyl (C=O) groups is 1. The molecular formula is C38H36N2O12P+. The van der Waals surface area contributed by atoms with Crippen molar-refractivity contribution in [2.24, 2.45) is 0 Å². The number of hydrogen-bond acceptors (Lipinski definition) is 11. The predicted octanol–water partition coefficient (Wildman–Crippen LogP) is 3.99. The molecule has 1 unspecified atom stereocenters. The van der Waals surface area contributed by atoms with Gasteiger partial charge in [0.1, 0.15) is 23.2 Å². The summed E-state index contributed by atoms with van der Waals surface area (Å²) >= 11 is 0. The number of aliphatic hydroxyl groups is 1. The van der Waals surface area contributed by atoms with Crippen molar-refractivity contribution in [2.45, 2.75) is 29.8 Å². The Kier molecular flexibility index (Phi) is 11.1. The number of hydrogen-bond donors (Lipinski definition) is 2. The molecule has 0 radical (unpaired) electrons. The van der Waals surface area contributed by atoms with Gasteiger partial charge in [-0.25, -0.2) is 4.79 Å². The molecule has 5 atom stereocenters. The molecule has 0 spiro atoms. The molecule has 6 rings (SSSR count). The number of rotatable bonds is 13. The molecule has 14 nitrogen and oxygen atoms in total. The first kappa shape index (κ1) is 37.4. The van der Waals surface area contributed by atoms with E-state index in [0.717, 1.165) is 16.8 Å². The molecule has 0 bridgehead atoms. The molecule has 0 amide bonds. The van der Waals surface area contributed by atoms with E-state index in [1.807, 2.05) is 54.6 Å². The van der Waals surface area contributed by atoms with Crippen molar-refractivity contribution < 1.29 is 47.6 Å². The highest BCUT2D eigenvalue weighted by Gasteiger charge is 2.64. The van der Waals surface area contributed by atoms with Gasteiger partial charge in [-0.3, -0.25) is 14.2 Å². The summed E-state index contributed by atoms with van der Waals surface area (Å²) in [4.78, 5) is 50.0. The maximum absolute atomic E-state index is 13.9. The minimum absolute atomic E-state index is 0.0674. The maximum atomic E-state index is 13.9. The molecule has 2 heterocycles. The Labute approximate surface area is 304 Å². The monoisotopic (exact) mass is 743 g/mol. The zero-order valence-electron chi connectivity index (χ0n) is 28.8. The third kappa shape index (κ3) is 7.09. The van der Waals surface area contributed by atoms with Crippen LogP contribution in [0.25, 0.3) is 0 Å². The van der Waals surface area contributed by atoms with Crippen LogP contribution in [0.15, 0.2) is 131 Å². The minimum atomic E-state index is -3.49. The lowest BCUT2D eigenvalue weighted by molar-refractivity contribution is -0.229. The van der Waals surface area contributed by atoms with Gasteiger partial charge in [0.25, 0.3) is 17.3 Å². The number of carbonyl (C=O) groups excluding carboxylic acids is 1. The van der Waals surface area contributed by atoms with E-state index in [-0.39, 0.29) is 5.56 Å². The quantitative estimate of drug-likeness (QED) is 0.101. The normalized spacial score (nSPS) is 20.2. The van der Waals surface area contributed by atoms with E-state index in [1.54, 1.807) is 56.7 Å². The van der Waals surface area contributed by atoms with Gasteiger partial charge >= 0.3 is 13.9 Å². The molecule has 1 aromatic heterocycles. The van der Waals surface area contributed by atoms with Crippen LogP contribution in [0.2, 0.25) is 0 Å². The average molecular weight is 744 g/mol. The van der Waals surface area contributed by atoms with Crippen LogP contribution in [0.3, 0.4) is 0 Å². The van der Waals surface area contributed by atoms with E-state index in [4.69, 9.17) is 28.2 Å². The Bertz CT molecular complexity index is 2130. The number of ether oxygens (including phenoxy) is 5. The van der Waals surface area contributed by atoms with Crippen LogP contribution in [-0.4, -0.2) is 71.0 Å². The first-order valence-corrected chi connectivity index (χ1v) is 17.4. The van der Waals surface area contributed by atoms with Crippen molar-refractivity contribution in [1.82, 2.24) is 9.13 Å². The summed E-state index contributed by atoms with van der Waals surface area (Å²) < 4.78 is 48.2. The van der Waals surface area contributed by atoms with Gasteiger partial charge in [-0.2, -0.15) is 4.57 Å². The Morgan fingerprint density at radius 3 is 1.85 bits per heavy atom. The second-order valence-electron chi connectivity index (χ2n) is 11.9. The number of nitrogens with zero attached hydrogens (tertiary/aromatic N) is 2. The second-order valence-corrected chi connectivity index (χ2v) is 12.6. The lowest BCUT2D eigenvalue weighted by atomic mass is 9.80. The van der Waals surface area contributed by atoms with E-state index in [9.17, 15) is 28.9 Å². The van der Waals surface area contributed by atoms with Gasteiger partial charge < -0.3 is 28.8 Å². The second kappa shape index (κ2) is 15.7. The molecular weight excluding hydrogens is 707 g/mol. The predicted molar refractivity (Wildman–Crippen MR) is 190 cm³/mol. The van der Waals surface area contributed by atoms with Crippen molar-refractivity contribution in [3.8, 4) is 11.5 Å². The molecule has 0 saturated carbocycles. The fourth-order valence-electron chi connectivity index (χ4n) is 6.47. The zero-order valence-corrected chi connectivity index (χ0v) is 29.7. The third-order valence-corrected chi connectivity index (χ3v) is 9.49. The lowest BCUT2D eigenvalue weighted by Gasteiger charge is -2.37. The highest BCUT2D eigenvalue weighted by molar-refractivity contribution is 7.32. The summed E-state index contributed by atoms with van der Waals surface area (Å²) in [6.45, 7) is -0.527. The Morgan fingerprint density at radius 1 is 0.811 bits per heavy atom. The van der Waals surface area contributed by atoms with Crippen LogP contribution in [0.5, 0.6) is 11.5 Å². The summed E-state index contributed by atoms with van der Waals surface area (Å²) in [6.07, 6.45) is -3.79. The van der Waals surface area contributed by atoms with E-state index in [2.05, 4.69) is 0 Å². The molecule has 274 valence electrons. The highest BCUT2D eigenvalue weighted by atomic mass is 31.1. The van der Waals surface area contributed by atoms with Crippen molar-refractivity contribution in [1.29, 1.82) is 0 Å². The van der Waals surface area contributed by atoms with Crippen LogP contribution in [-0.2, 0) is 28.9 Å². The fraction of sp³-hybridized carbons (Fsp3) is 0.237.